The number of carbonyl (C=O) groups excluding carboxylic acids is 1. The van der Waals surface area contributed by atoms with Gasteiger partial charge in [0, 0.05) is 31.3 Å². The van der Waals surface area contributed by atoms with Crippen molar-refractivity contribution < 1.29 is 36.6 Å². The van der Waals surface area contributed by atoms with E-state index in [1.807, 2.05) is 0 Å². The Morgan fingerprint density at radius 2 is 1.87 bits per heavy atom. The lowest BCUT2D eigenvalue weighted by Gasteiger charge is -2.17. The Bertz CT molecular complexity index is 1510. The molecule has 0 aliphatic rings. The molecule has 0 saturated heterocycles. The molecule has 0 radical (unpaired) electrons. The van der Waals surface area contributed by atoms with Crippen LogP contribution in [0.2, 0.25) is 0 Å². The first-order valence-electron chi connectivity index (χ1n) is 11.2. The molecule has 0 spiro atoms. The molecule has 0 aliphatic carbocycles. The van der Waals surface area contributed by atoms with Crippen molar-refractivity contribution in [3.05, 3.63) is 78.4 Å². The number of anilines is 1. The Balaban J connectivity index is 1.45. The molecule has 0 fully saturated rings. The summed E-state index contributed by atoms with van der Waals surface area (Å²) < 4.78 is 55.1. The van der Waals surface area contributed by atoms with Crippen LogP contribution in [0, 0.1) is 6.92 Å². The lowest BCUT2D eigenvalue weighted by Crippen LogP contribution is -2.26. The minimum Gasteiger partial charge on any atom is -0.497 e. The highest BCUT2D eigenvalue weighted by atomic mass is 32.2. The standard InChI is InChI=1S/C25H24N4O8S/c1-16-7-9-23(26-14-16)38(31,32)29-21-13-22(28-15-27-21)37-25(34-17(2)30)12-20-8-10-24(36-20)35-19-6-4-5-18(11-19)33-3/h4-11,13-15,25H,12H2,1-3H3,(H,27,28,29). The molecule has 12 nitrogen and oxygen atoms in total. The Kier molecular flexibility index (Phi) is 8.06. The van der Waals surface area contributed by atoms with Crippen LogP contribution in [-0.4, -0.2) is 42.7 Å². The molecule has 1 atom stereocenters. The third kappa shape index (κ3) is 7.20. The normalized spacial score (nSPS) is 11.9. The van der Waals surface area contributed by atoms with Crippen LogP contribution in [0.4, 0.5) is 5.82 Å². The Labute approximate surface area is 218 Å². The van der Waals surface area contributed by atoms with Crippen molar-refractivity contribution in [2.24, 2.45) is 0 Å². The van der Waals surface area contributed by atoms with E-state index in [1.165, 1.54) is 25.3 Å². The zero-order valence-electron chi connectivity index (χ0n) is 20.7. The van der Waals surface area contributed by atoms with Gasteiger partial charge in [-0.2, -0.15) is 8.42 Å². The number of ether oxygens (including phenoxy) is 4. The van der Waals surface area contributed by atoms with Gasteiger partial charge in [-0.1, -0.05) is 12.1 Å². The van der Waals surface area contributed by atoms with E-state index in [0.717, 1.165) is 11.9 Å². The third-order valence-corrected chi connectivity index (χ3v) is 6.12. The summed E-state index contributed by atoms with van der Waals surface area (Å²) in [5.41, 5.74) is 0.814. The highest BCUT2D eigenvalue weighted by Gasteiger charge is 2.21. The van der Waals surface area contributed by atoms with Gasteiger partial charge in [0.2, 0.25) is 5.88 Å². The number of pyridine rings is 1. The van der Waals surface area contributed by atoms with Gasteiger partial charge in [-0.15, -0.1) is 0 Å². The van der Waals surface area contributed by atoms with E-state index >= 15 is 0 Å². The lowest BCUT2D eigenvalue weighted by molar-refractivity contribution is -0.161. The average molecular weight is 541 g/mol. The fourth-order valence-corrected chi connectivity index (χ4v) is 4.09. The summed E-state index contributed by atoms with van der Waals surface area (Å²) in [6.07, 6.45) is 1.42. The van der Waals surface area contributed by atoms with Crippen LogP contribution in [-0.2, 0) is 26.0 Å². The molecule has 38 heavy (non-hydrogen) atoms. The fourth-order valence-electron chi connectivity index (χ4n) is 3.16. The van der Waals surface area contributed by atoms with Gasteiger partial charge >= 0.3 is 5.97 Å². The lowest BCUT2D eigenvalue weighted by atomic mass is 10.3. The van der Waals surface area contributed by atoms with Gasteiger partial charge in [-0.05, 0) is 36.8 Å². The van der Waals surface area contributed by atoms with Crippen LogP contribution in [0.1, 0.15) is 18.2 Å². The number of hydrogen-bond acceptors (Lipinski definition) is 11. The van der Waals surface area contributed by atoms with E-state index in [2.05, 4.69) is 19.7 Å². The summed E-state index contributed by atoms with van der Waals surface area (Å²) >= 11 is 0. The predicted octanol–water partition coefficient (Wildman–Crippen LogP) is 3.89. The van der Waals surface area contributed by atoms with Crippen molar-refractivity contribution in [3.8, 4) is 23.3 Å². The number of sulfonamides is 1. The molecule has 13 heteroatoms. The van der Waals surface area contributed by atoms with Gasteiger partial charge in [-0.25, -0.2) is 15.0 Å². The van der Waals surface area contributed by atoms with E-state index < -0.39 is 22.3 Å². The van der Waals surface area contributed by atoms with E-state index in [-0.39, 0.29) is 29.1 Å². The summed E-state index contributed by atoms with van der Waals surface area (Å²) in [4.78, 5) is 23.5. The predicted molar refractivity (Wildman–Crippen MR) is 133 cm³/mol. The number of aromatic nitrogens is 3. The number of esters is 1. The van der Waals surface area contributed by atoms with Gasteiger partial charge in [-0.3, -0.25) is 9.52 Å². The number of aryl methyl sites for hydroxylation is 1. The van der Waals surface area contributed by atoms with E-state index in [1.54, 1.807) is 56.5 Å². The van der Waals surface area contributed by atoms with Crippen molar-refractivity contribution in [2.45, 2.75) is 31.6 Å². The molecule has 1 aromatic carbocycles. The quantitative estimate of drug-likeness (QED) is 0.218. The number of benzene rings is 1. The van der Waals surface area contributed by atoms with Crippen molar-refractivity contribution in [1.82, 2.24) is 15.0 Å². The topological polar surface area (TPSA) is 152 Å². The molecular formula is C25H24N4O8S. The SMILES string of the molecule is COc1cccc(Oc2ccc(CC(OC(C)=O)Oc3cc(NS(=O)(=O)c4ccc(C)cn4)ncn3)o2)c1. The van der Waals surface area contributed by atoms with Crippen LogP contribution in [0.5, 0.6) is 23.3 Å². The van der Waals surface area contributed by atoms with Crippen molar-refractivity contribution in [1.29, 1.82) is 0 Å². The van der Waals surface area contributed by atoms with Gasteiger partial charge in [0.1, 0.15) is 29.4 Å². The molecule has 3 heterocycles. The second kappa shape index (κ2) is 11.6. The minimum atomic E-state index is -4.00. The summed E-state index contributed by atoms with van der Waals surface area (Å²) in [7, 11) is -2.45. The maximum atomic E-state index is 12.6. The largest absolute Gasteiger partial charge is 0.497 e. The number of rotatable bonds is 11. The summed E-state index contributed by atoms with van der Waals surface area (Å²) in [5.74, 6) is 1.03. The second-order valence-corrected chi connectivity index (χ2v) is 9.51. The molecule has 0 saturated carbocycles. The van der Waals surface area contributed by atoms with Crippen LogP contribution in [0.15, 0.2) is 76.6 Å². The van der Waals surface area contributed by atoms with Crippen LogP contribution in [0.25, 0.3) is 0 Å². The molecule has 4 aromatic rings. The van der Waals surface area contributed by atoms with Crippen molar-refractivity contribution >= 4 is 21.8 Å². The van der Waals surface area contributed by atoms with Gasteiger partial charge in [0.25, 0.3) is 22.3 Å². The number of carbonyl (C=O) groups is 1. The summed E-state index contributed by atoms with van der Waals surface area (Å²) in [6.45, 7) is 3.02. The second-order valence-electron chi connectivity index (χ2n) is 7.88. The monoisotopic (exact) mass is 540 g/mol. The first kappa shape index (κ1) is 26.4. The number of furan rings is 1. The first-order chi connectivity index (χ1) is 18.2. The number of hydrogen-bond donors (Lipinski definition) is 1. The molecule has 0 amide bonds. The highest BCUT2D eigenvalue weighted by Crippen LogP contribution is 2.27. The van der Waals surface area contributed by atoms with Gasteiger partial charge < -0.3 is 23.4 Å². The zero-order valence-corrected chi connectivity index (χ0v) is 21.5. The number of methoxy groups -OCH3 is 1. The van der Waals surface area contributed by atoms with Crippen LogP contribution in [0.3, 0.4) is 0 Å². The number of nitrogens with zero attached hydrogens (tertiary/aromatic N) is 3. The highest BCUT2D eigenvalue weighted by molar-refractivity contribution is 7.92. The van der Waals surface area contributed by atoms with E-state index in [9.17, 15) is 13.2 Å². The van der Waals surface area contributed by atoms with E-state index in [4.69, 9.17) is 23.4 Å². The fraction of sp³-hybridized carbons (Fsp3) is 0.200. The molecule has 3 aromatic heterocycles. The summed E-state index contributed by atoms with van der Waals surface area (Å²) in [5, 5.41) is -0.174. The zero-order chi connectivity index (χ0) is 27.1. The van der Waals surface area contributed by atoms with Gasteiger partial charge in [0.05, 0.1) is 13.5 Å². The molecule has 198 valence electrons. The molecule has 0 aliphatic heterocycles. The van der Waals surface area contributed by atoms with Gasteiger partial charge in [0.15, 0.2) is 5.03 Å². The molecule has 4 rings (SSSR count). The van der Waals surface area contributed by atoms with E-state index in [0.29, 0.717) is 17.3 Å². The maximum Gasteiger partial charge on any atom is 0.305 e. The average Bonchev–Trinajstić information content (AvgIpc) is 3.30. The minimum absolute atomic E-state index is 0.0133. The Morgan fingerprint density at radius 1 is 1.05 bits per heavy atom. The smallest absolute Gasteiger partial charge is 0.305 e. The van der Waals surface area contributed by atoms with Crippen LogP contribution < -0.4 is 18.9 Å². The molecular weight excluding hydrogens is 516 g/mol. The molecule has 1 N–H and O–H groups in total. The Hall–Kier alpha value is -4.65. The summed E-state index contributed by atoms with van der Waals surface area (Å²) in [6, 6.07) is 14.5. The molecule has 1 unspecified atom stereocenters. The third-order valence-electron chi connectivity index (χ3n) is 4.85. The Morgan fingerprint density at radius 3 is 2.61 bits per heavy atom. The first-order valence-corrected chi connectivity index (χ1v) is 12.7. The molecule has 0 bridgehead atoms. The van der Waals surface area contributed by atoms with Crippen molar-refractivity contribution in [3.63, 3.8) is 0 Å². The maximum absolute atomic E-state index is 12.6. The van der Waals surface area contributed by atoms with Crippen molar-refractivity contribution in [2.75, 3.05) is 11.8 Å². The number of nitrogens with one attached hydrogen (secondary N) is 1. The van der Waals surface area contributed by atoms with Crippen LogP contribution >= 0.6 is 0 Å².